The summed E-state index contributed by atoms with van der Waals surface area (Å²) < 4.78 is 27.4. The summed E-state index contributed by atoms with van der Waals surface area (Å²) in [5.74, 6) is -2.75. The van der Waals surface area contributed by atoms with E-state index in [-0.39, 0.29) is 17.7 Å². The third-order valence-corrected chi connectivity index (χ3v) is 7.60. The average molecular weight is 659 g/mol. The molecule has 44 heavy (non-hydrogen) atoms. The van der Waals surface area contributed by atoms with Crippen LogP contribution in [-0.4, -0.2) is 59.9 Å². The molecule has 0 spiro atoms. The van der Waals surface area contributed by atoms with Crippen LogP contribution in [0.3, 0.4) is 0 Å². The van der Waals surface area contributed by atoms with Gasteiger partial charge in [0.2, 0.25) is 0 Å². The molecular weight excluding hydrogens is 632 g/mol. The van der Waals surface area contributed by atoms with E-state index in [4.69, 9.17) is 23.7 Å². The van der Waals surface area contributed by atoms with Crippen molar-refractivity contribution in [1.82, 2.24) is 0 Å². The molecule has 4 aromatic carbocycles. The number of carbonyl (C=O) groups is 4. The minimum atomic E-state index is -1.69. The van der Waals surface area contributed by atoms with Crippen molar-refractivity contribution in [2.24, 2.45) is 0 Å². The Bertz CT molecular complexity index is 1580. The molecule has 1 aliphatic heterocycles. The maximum absolute atomic E-state index is 13.3. The Balaban J connectivity index is 1.44. The van der Waals surface area contributed by atoms with Crippen LogP contribution in [0.2, 0.25) is 0 Å². The summed E-state index contributed by atoms with van der Waals surface area (Å²) in [6.45, 7) is -0.824. The van der Waals surface area contributed by atoms with Crippen LogP contribution in [0.15, 0.2) is 121 Å². The number of rotatable bonds is 10. The highest BCUT2D eigenvalue weighted by Gasteiger charge is 2.59. The van der Waals surface area contributed by atoms with Crippen molar-refractivity contribution in [3.63, 3.8) is 0 Å². The van der Waals surface area contributed by atoms with Gasteiger partial charge in [-0.1, -0.05) is 72.8 Å². The van der Waals surface area contributed by atoms with Gasteiger partial charge in [-0.2, -0.15) is 0 Å². The van der Waals surface area contributed by atoms with Gasteiger partial charge < -0.3 is 23.7 Å². The van der Waals surface area contributed by atoms with Gasteiger partial charge in [0.05, 0.1) is 22.3 Å². The molecule has 0 radical (unpaired) electrons. The van der Waals surface area contributed by atoms with Crippen LogP contribution < -0.4 is 0 Å². The highest BCUT2D eigenvalue weighted by atomic mass is 79.9. The predicted molar refractivity (Wildman–Crippen MR) is 161 cm³/mol. The molecule has 0 bridgehead atoms. The van der Waals surface area contributed by atoms with Crippen molar-refractivity contribution in [1.29, 1.82) is 0 Å². The summed E-state index contributed by atoms with van der Waals surface area (Å²) in [4.78, 5) is 52.1. The van der Waals surface area contributed by atoms with Crippen molar-refractivity contribution in [2.75, 3.05) is 13.2 Å². The highest BCUT2D eigenvalue weighted by molar-refractivity contribution is 9.10. The molecule has 10 heteroatoms. The Morgan fingerprint density at radius 2 is 0.955 bits per heavy atom. The number of ether oxygens (including phenoxy) is 5. The normalized spacial score (nSPS) is 20.7. The summed E-state index contributed by atoms with van der Waals surface area (Å²) in [6, 6.07) is 33.1. The molecule has 0 aliphatic carbocycles. The Morgan fingerprint density at radius 1 is 0.568 bits per heavy atom. The van der Waals surface area contributed by atoms with Gasteiger partial charge in [-0.15, -0.1) is 0 Å². The van der Waals surface area contributed by atoms with E-state index < -0.39 is 53.3 Å². The van der Waals surface area contributed by atoms with Crippen LogP contribution in [0, 0.1) is 0 Å². The van der Waals surface area contributed by atoms with E-state index in [9.17, 15) is 19.2 Å². The summed E-state index contributed by atoms with van der Waals surface area (Å²) in [5.41, 5.74) is 1.07. The molecule has 1 unspecified atom stereocenters. The zero-order chi connectivity index (χ0) is 30.9. The summed E-state index contributed by atoms with van der Waals surface area (Å²) in [7, 11) is 0. The summed E-state index contributed by atoms with van der Waals surface area (Å²) in [5, 5.41) is 0. The van der Waals surface area contributed by atoms with Crippen molar-refractivity contribution in [3.8, 4) is 0 Å². The van der Waals surface area contributed by atoms with E-state index in [2.05, 4.69) is 15.9 Å². The van der Waals surface area contributed by atoms with E-state index in [0.29, 0.717) is 11.1 Å². The monoisotopic (exact) mass is 658 g/mol. The van der Waals surface area contributed by atoms with Gasteiger partial charge in [0.25, 0.3) is 0 Å². The average Bonchev–Trinajstić information content (AvgIpc) is 3.33. The number of hydrogen-bond donors (Lipinski definition) is 0. The fraction of sp³-hybridized carbons (Fsp3) is 0.176. The van der Waals surface area contributed by atoms with E-state index >= 15 is 0 Å². The van der Waals surface area contributed by atoms with Gasteiger partial charge in [-0.25, -0.2) is 19.2 Å². The van der Waals surface area contributed by atoms with Gasteiger partial charge >= 0.3 is 23.9 Å². The lowest BCUT2D eigenvalue weighted by molar-refractivity contribution is -0.0687. The molecule has 0 amide bonds. The van der Waals surface area contributed by atoms with Crippen LogP contribution in [0.5, 0.6) is 0 Å². The standard InChI is InChI=1S/C34H27BrO9/c35-34(22-41-31(37)24-15-7-2-8-16-24)29(43-33(39)26-19-11-4-12-20-26)28(42-32(38)25-17-9-3-10-18-25)27(44-34)21-40-30(36)23-13-5-1-6-14-23/h1-20,27-29H,21-22H2/t27-,28-,29?,34-/m1/s1. The van der Waals surface area contributed by atoms with Crippen molar-refractivity contribution < 1.29 is 42.9 Å². The quantitative estimate of drug-likeness (QED) is 0.121. The maximum atomic E-state index is 13.3. The van der Waals surface area contributed by atoms with Crippen LogP contribution in [0.25, 0.3) is 0 Å². The lowest BCUT2D eigenvalue weighted by atomic mass is 10.1. The highest BCUT2D eigenvalue weighted by Crippen LogP contribution is 2.41. The third-order valence-electron chi connectivity index (χ3n) is 6.73. The first-order valence-corrected chi connectivity index (χ1v) is 14.5. The molecule has 4 atom stereocenters. The van der Waals surface area contributed by atoms with E-state index in [1.807, 2.05) is 0 Å². The predicted octanol–water partition coefficient (Wildman–Crippen LogP) is 5.64. The second-order valence-electron chi connectivity index (χ2n) is 9.78. The van der Waals surface area contributed by atoms with E-state index in [1.165, 1.54) is 0 Å². The number of carbonyl (C=O) groups excluding carboxylic acids is 4. The Morgan fingerprint density at radius 3 is 1.41 bits per heavy atom. The SMILES string of the molecule is O=C(OC[C@H]1O[C@](Br)(COC(=O)c2ccccc2)C(OC(=O)c2ccccc2)[C@@H]1OC(=O)c1ccccc1)c1ccccc1. The molecule has 1 heterocycles. The fourth-order valence-corrected chi connectivity index (χ4v) is 5.23. The van der Waals surface area contributed by atoms with Gasteiger partial charge in [0.15, 0.2) is 16.7 Å². The van der Waals surface area contributed by atoms with Crippen LogP contribution in [0.1, 0.15) is 41.4 Å². The second-order valence-corrected chi connectivity index (χ2v) is 11.1. The fourth-order valence-electron chi connectivity index (χ4n) is 4.52. The first kappa shape index (κ1) is 30.7. The number of halogens is 1. The molecule has 0 saturated carbocycles. The minimum Gasteiger partial charge on any atom is -0.459 e. The molecule has 5 rings (SSSR count). The van der Waals surface area contributed by atoms with Gasteiger partial charge in [-0.05, 0) is 64.5 Å². The van der Waals surface area contributed by atoms with Gasteiger partial charge in [-0.3, -0.25) is 0 Å². The Kier molecular flexibility index (Phi) is 9.83. The third kappa shape index (κ3) is 7.39. The first-order valence-electron chi connectivity index (χ1n) is 13.7. The minimum absolute atomic E-state index is 0.232. The first-order chi connectivity index (χ1) is 21.3. The van der Waals surface area contributed by atoms with E-state index in [0.717, 1.165) is 0 Å². The lowest BCUT2D eigenvalue weighted by Crippen LogP contribution is -2.47. The second kappa shape index (κ2) is 14.1. The van der Waals surface area contributed by atoms with Crippen molar-refractivity contribution in [3.05, 3.63) is 144 Å². The zero-order valence-corrected chi connectivity index (χ0v) is 24.8. The molecule has 1 aliphatic rings. The summed E-state index contributed by atoms with van der Waals surface area (Å²) >= 11 is 3.49. The maximum Gasteiger partial charge on any atom is 0.338 e. The number of benzene rings is 4. The number of alkyl halides is 1. The van der Waals surface area contributed by atoms with Crippen LogP contribution in [-0.2, 0) is 23.7 Å². The largest absolute Gasteiger partial charge is 0.459 e. The van der Waals surface area contributed by atoms with Crippen LogP contribution in [0.4, 0.5) is 0 Å². The molecule has 1 saturated heterocycles. The molecule has 0 N–H and O–H groups in total. The number of hydrogen-bond acceptors (Lipinski definition) is 9. The Hall–Kier alpha value is -4.80. The number of esters is 4. The van der Waals surface area contributed by atoms with Gasteiger partial charge in [0.1, 0.15) is 19.3 Å². The molecule has 1 fully saturated rings. The van der Waals surface area contributed by atoms with E-state index in [1.54, 1.807) is 121 Å². The molecule has 224 valence electrons. The molecule has 4 aromatic rings. The van der Waals surface area contributed by atoms with Crippen molar-refractivity contribution >= 4 is 39.8 Å². The van der Waals surface area contributed by atoms with Crippen LogP contribution >= 0.6 is 15.9 Å². The smallest absolute Gasteiger partial charge is 0.338 e. The molecule has 0 aromatic heterocycles. The molecular formula is C34H27BrO9. The lowest BCUT2D eigenvalue weighted by Gasteiger charge is -2.29. The Labute approximate surface area is 261 Å². The van der Waals surface area contributed by atoms with Gasteiger partial charge in [0, 0.05) is 0 Å². The zero-order valence-electron chi connectivity index (χ0n) is 23.2. The molecule has 9 nitrogen and oxygen atoms in total. The summed E-state index contributed by atoms with van der Waals surface area (Å²) in [6.07, 6.45) is -3.75. The van der Waals surface area contributed by atoms with Crippen molar-refractivity contribution in [2.45, 2.75) is 22.8 Å². The topological polar surface area (TPSA) is 114 Å².